The van der Waals surface area contributed by atoms with Crippen molar-refractivity contribution in [2.24, 2.45) is 0 Å². The molecule has 0 unspecified atom stereocenters. The first-order valence-electron chi connectivity index (χ1n) is 8.28. The van der Waals surface area contributed by atoms with Crippen LogP contribution in [0.4, 0.5) is 18.0 Å². The predicted molar refractivity (Wildman–Crippen MR) is 86.1 cm³/mol. The van der Waals surface area contributed by atoms with E-state index >= 15 is 0 Å². The molecule has 0 saturated carbocycles. The van der Waals surface area contributed by atoms with E-state index in [9.17, 15) is 18.0 Å². The van der Waals surface area contributed by atoms with Gasteiger partial charge in [0.05, 0.1) is 6.42 Å². The number of hydrogen-bond donors (Lipinski definition) is 0. The van der Waals surface area contributed by atoms with Gasteiger partial charge in [-0.05, 0) is 33.2 Å². The first kappa shape index (κ1) is 20.5. The van der Waals surface area contributed by atoms with Gasteiger partial charge in [-0.1, -0.05) is 11.1 Å². The monoisotopic (exact) mass is 393 g/mol. The Morgan fingerprint density at radius 2 is 2.04 bits per heavy atom. The van der Waals surface area contributed by atoms with Crippen molar-refractivity contribution in [3.63, 3.8) is 0 Å². The van der Waals surface area contributed by atoms with Crippen molar-refractivity contribution in [2.75, 3.05) is 13.2 Å². The average Bonchev–Trinajstić information content (AvgIpc) is 2.79. The Kier molecular flexibility index (Phi) is 6.53. The van der Waals surface area contributed by atoms with E-state index in [1.807, 2.05) is 0 Å². The van der Waals surface area contributed by atoms with Gasteiger partial charge in [0.25, 0.3) is 0 Å². The van der Waals surface area contributed by atoms with Crippen molar-refractivity contribution in [3.05, 3.63) is 5.89 Å². The average molecular weight is 393 g/mol. The van der Waals surface area contributed by atoms with Crippen molar-refractivity contribution in [1.82, 2.24) is 15.1 Å². The number of halogens is 3. The molecule has 1 aromatic heterocycles. The smallest absolute Gasteiger partial charge is 0.414 e. The third-order valence-electron chi connectivity index (χ3n) is 3.45. The minimum Gasteiger partial charge on any atom is -0.449 e. The van der Waals surface area contributed by atoms with E-state index in [1.54, 1.807) is 20.8 Å². The number of ether oxygens (including phenoxy) is 2. The van der Waals surface area contributed by atoms with Crippen molar-refractivity contribution >= 4 is 15.6 Å². The molecule has 1 fully saturated rings. The summed E-state index contributed by atoms with van der Waals surface area (Å²) in [4.78, 5) is 14.0. The molecular weight excluding hydrogens is 371 g/mol. The zero-order chi connectivity index (χ0) is 19.4. The highest BCUT2D eigenvalue weighted by atomic mass is 28.2. The van der Waals surface area contributed by atoms with Crippen LogP contribution in [0.3, 0.4) is 0 Å². The highest BCUT2D eigenvalue weighted by Gasteiger charge is 2.34. The molecule has 1 saturated heterocycles. The lowest BCUT2D eigenvalue weighted by Gasteiger charge is -2.30. The molecule has 0 spiro atoms. The lowest BCUT2D eigenvalue weighted by Crippen LogP contribution is -2.39. The Hall–Kier alpha value is -1.78. The lowest BCUT2D eigenvalue weighted by molar-refractivity contribution is -0.140. The molecule has 146 valence electrons. The zero-order valence-corrected chi connectivity index (χ0v) is 15.9. The largest absolute Gasteiger partial charge is 0.449 e. The molecule has 7 nitrogen and oxygen atoms in total. The van der Waals surface area contributed by atoms with E-state index in [1.165, 1.54) is 4.90 Å². The van der Waals surface area contributed by atoms with Crippen LogP contribution in [-0.2, 0) is 4.74 Å². The number of carbonyl (C=O) groups excluding carboxylic acids is 1. The van der Waals surface area contributed by atoms with Crippen LogP contribution in [0.2, 0.25) is 12.1 Å². The molecule has 1 aliphatic rings. The molecule has 0 aromatic carbocycles. The van der Waals surface area contributed by atoms with Crippen molar-refractivity contribution < 1.29 is 31.9 Å². The first-order chi connectivity index (χ1) is 12.1. The second-order valence-corrected chi connectivity index (χ2v) is 8.35. The van der Waals surface area contributed by atoms with Gasteiger partial charge in [0.1, 0.15) is 18.2 Å². The van der Waals surface area contributed by atoms with E-state index in [-0.39, 0.29) is 12.0 Å². The summed E-state index contributed by atoms with van der Waals surface area (Å²) in [6.45, 7) is 5.22. The van der Waals surface area contributed by atoms with Gasteiger partial charge in [0.15, 0.2) is 0 Å². The number of hydrogen-bond acceptors (Lipinski definition) is 6. The van der Waals surface area contributed by atoms with Crippen LogP contribution in [0.5, 0.6) is 6.08 Å². The molecule has 11 heteroatoms. The van der Waals surface area contributed by atoms with Crippen LogP contribution in [-0.4, -0.2) is 55.6 Å². The van der Waals surface area contributed by atoms with E-state index in [2.05, 4.69) is 10.2 Å². The predicted octanol–water partition coefficient (Wildman–Crippen LogP) is 3.62. The number of alkyl halides is 3. The van der Waals surface area contributed by atoms with Gasteiger partial charge in [-0.25, -0.2) is 4.79 Å². The van der Waals surface area contributed by atoms with E-state index < -0.39 is 36.9 Å². The van der Waals surface area contributed by atoms with Gasteiger partial charge in [-0.15, -0.1) is 5.10 Å². The topological polar surface area (TPSA) is 77.7 Å². The minimum atomic E-state index is -4.32. The second-order valence-electron chi connectivity index (χ2n) is 6.85. The highest BCUT2D eigenvalue weighted by molar-refractivity contribution is 6.35. The van der Waals surface area contributed by atoms with Crippen LogP contribution in [0.15, 0.2) is 4.42 Å². The van der Waals surface area contributed by atoms with Gasteiger partial charge >= 0.3 is 18.3 Å². The Balaban J connectivity index is 2.06. The summed E-state index contributed by atoms with van der Waals surface area (Å²) >= 11 is 0. The molecule has 2 radical (unpaired) electrons. The standard InChI is InChI=1S/C15H22F3N3O4Si/c1-14(2,3)25-13(22)21-6-9-26-8-4-10(21)11-19-20-12(24-11)23-7-5-15(16,17)18/h10H,4-9H2,1-3H3/t10-/m1/s1. The molecule has 0 aliphatic carbocycles. The van der Waals surface area contributed by atoms with Gasteiger partial charge in [0.2, 0.25) is 5.89 Å². The fraction of sp³-hybridized carbons (Fsp3) is 0.800. The Morgan fingerprint density at radius 3 is 2.69 bits per heavy atom. The summed E-state index contributed by atoms with van der Waals surface area (Å²) < 4.78 is 52.2. The fourth-order valence-electron chi connectivity index (χ4n) is 2.34. The third-order valence-corrected chi connectivity index (χ3v) is 4.67. The summed E-state index contributed by atoms with van der Waals surface area (Å²) in [5, 5.41) is 7.48. The zero-order valence-electron chi connectivity index (χ0n) is 14.9. The summed E-state index contributed by atoms with van der Waals surface area (Å²) in [7, 11) is 0.697. The van der Waals surface area contributed by atoms with Crippen LogP contribution in [0.25, 0.3) is 0 Å². The maximum atomic E-state index is 12.5. The first-order valence-corrected chi connectivity index (χ1v) is 9.70. The molecule has 1 amide bonds. The SMILES string of the molecule is CC(C)(C)OC(=O)N1CC[Si]CC[C@@H]1c1nnc(OCCC(F)(F)F)o1. The Labute approximate surface area is 152 Å². The maximum Gasteiger partial charge on any atom is 0.414 e. The summed E-state index contributed by atoms with van der Waals surface area (Å²) in [5.74, 6) is 0.143. The van der Waals surface area contributed by atoms with E-state index in [0.29, 0.717) is 22.5 Å². The summed E-state index contributed by atoms with van der Waals surface area (Å²) in [6.07, 6.45) is -5.63. The van der Waals surface area contributed by atoms with Crippen LogP contribution >= 0.6 is 0 Å². The Bertz CT molecular complexity index is 604. The maximum absolute atomic E-state index is 12.5. The van der Waals surface area contributed by atoms with Gasteiger partial charge in [-0.2, -0.15) is 13.2 Å². The molecule has 2 heterocycles. The van der Waals surface area contributed by atoms with E-state index in [0.717, 1.165) is 12.1 Å². The second kappa shape index (κ2) is 8.27. The molecule has 1 aromatic rings. The van der Waals surface area contributed by atoms with Crippen molar-refractivity contribution in [1.29, 1.82) is 0 Å². The van der Waals surface area contributed by atoms with Crippen LogP contribution in [0, 0.1) is 0 Å². The molecule has 26 heavy (non-hydrogen) atoms. The normalized spacial score (nSPS) is 19.2. The summed E-state index contributed by atoms with van der Waals surface area (Å²) in [5.41, 5.74) is -0.642. The van der Waals surface area contributed by atoms with E-state index in [4.69, 9.17) is 13.9 Å². The number of amides is 1. The number of rotatable bonds is 4. The minimum absolute atomic E-state index is 0.143. The molecular formula is C15H22F3N3O4Si. The lowest BCUT2D eigenvalue weighted by atomic mass is 10.2. The van der Waals surface area contributed by atoms with Crippen molar-refractivity contribution in [3.8, 4) is 6.08 Å². The Morgan fingerprint density at radius 1 is 1.31 bits per heavy atom. The quantitative estimate of drug-likeness (QED) is 0.727. The van der Waals surface area contributed by atoms with Crippen molar-refractivity contribution in [2.45, 2.75) is 63.5 Å². The molecule has 0 bridgehead atoms. The van der Waals surface area contributed by atoms with Crippen LogP contribution < -0.4 is 4.74 Å². The highest BCUT2D eigenvalue weighted by Crippen LogP contribution is 2.31. The fourth-order valence-corrected chi connectivity index (χ4v) is 3.46. The molecule has 1 atom stereocenters. The third kappa shape index (κ3) is 6.50. The van der Waals surface area contributed by atoms with Gasteiger partial charge in [-0.3, -0.25) is 4.90 Å². The van der Waals surface area contributed by atoms with Gasteiger partial charge < -0.3 is 13.9 Å². The van der Waals surface area contributed by atoms with Crippen LogP contribution in [0.1, 0.15) is 45.5 Å². The molecule has 0 N–H and O–H groups in total. The number of carbonyl (C=O) groups is 1. The number of nitrogens with zero attached hydrogens (tertiary/aromatic N) is 3. The number of aromatic nitrogens is 2. The summed E-state index contributed by atoms with van der Waals surface area (Å²) in [6, 6.07) is 1.25. The van der Waals surface area contributed by atoms with Gasteiger partial charge in [0, 0.05) is 16.1 Å². The molecule has 1 aliphatic heterocycles. The molecule has 2 rings (SSSR count).